The second-order valence-corrected chi connectivity index (χ2v) is 6.82. The van der Waals surface area contributed by atoms with Crippen molar-refractivity contribution in [3.63, 3.8) is 0 Å². The van der Waals surface area contributed by atoms with Gasteiger partial charge in [-0.15, -0.1) is 0 Å². The van der Waals surface area contributed by atoms with Gasteiger partial charge in [-0.2, -0.15) is 5.10 Å². The van der Waals surface area contributed by atoms with E-state index in [1.165, 1.54) is 0 Å². The molecule has 1 aromatic carbocycles. The molecular weight excluding hydrogens is 290 g/mol. The fourth-order valence-corrected chi connectivity index (χ4v) is 2.70. The van der Waals surface area contributed by atoms with Gasteiger partial charge in [0.25, 0.3) is 0 Å². The number of sulfone groups is 1. The van der Waals surface area contributed by atoms with Crippen molar-refractivity contribution in [2.24, 2.45) is 0 Å². The molecule has 1 aromatic heterocycles. The molecule has 0 spiro atoms. The van der Waals surface area contributed by atoms with Crippen molar-refractivity contribution in [3.05, 3.63) is 36.7 Å². The summed E-state index contributed by atoms with van der Waals surface area (Å²) in [6.45, 7) is 2.92. The predicted octanol–water partition coefficient (Wildman–Crippen LogP) is 2.07. The number of ether oxygens (including phenoxy) is 1. The minimum atomic E-state index is -3.15. The second-order valence-electron chi connectivity index (χ2n) is 4.54. The molecule has 0 amide bonds. The summed E-state index contributed by atoms with van der Waals surface area (Å²) < 4.78 is 30.2. The van der Waals surface area contributed by atoms with Crippen LogP contribution in [0.2, 0.25) is 0 Å². The summed E-state index contributed by atoms with van der Waals surface area (Å²) in [6, 6.07) is 6.71. The first-order valence-corrected chi connectivity index (χ1v) is 8.31. The quantitative estimate of drug-likeness (QED) is 0.847. The molecule has 6 nitrogen and oxygen atoms in total. The first-order chi connectivity index (χ1) is 10.0. The molecule has 0 fully saturated rings. The molecule has 2 aromatic rings. The zero-order chi connectivity index (χ0) is 15.3. The largest absolute Gasteiger partial charge is 0.383 e. The highest BCUT2D eigenvalue weighted by Gasteiger charge is 2.10. The Hall–Kier alpha value is -1.86. The lowest BCUT2D eigenvalue weighted by Crippen LogP contribution is -2.04. The van der Waals surface area contributed by atoms with Crippen LogP contribution in [0.4, 0.5) is 11.4 Å². The van der Waals surface area contributed by atoms with E-state index in [-0.39, 0.29) is 5.75 Å². The molecule has 0 bridgehead atoms. The van der Waals surface area contributed by atoms with Crippen LogP contribution >= 0.6 is 0 Å². The summed E-state index contributed by atoms with van der Waals surface area (Å²) in [6.07, 6.45) is 3.59. The molecule has 0 saturated carbocycles. The van der Waals surface area contributed by atoms with Crippen LogP contribution in [-0.4, -0.2) is 37.7 Å². The zero-order valence-electron chi connectivity index (χ0n) is 12.1. The zero-order valence-corrected chi connectivity index (χ0v) is 12.9. The van der Waals surface area contributed by atoms with E-state index in [4.69, 9.17) is 4.74 Å². The number of anilines is 2. The number of hydrogen-bond donors (Lipinski definition) is 1. The Bertz CT molecular complexity index is 678. The molecule has 0 atom stereocenters. The minimum absolute atomic E-state index is 0.103. The first kappa shape index (κ1) is 15.5. The fourth-order valence-electron chi connectivity index (χ4n) is 1.81. The highest BCUT2D eigenvalue weighted by Crippen LogP contribution is 2.19. The van der Waals surface area contributed by atoms with Crippen molar-refractivity contribution in [2.75, 3.05) is 24.8 Å². The Morgan fingerprint density at radius 2 is 1.95 bits per heavy atom. The van der Waals surface area contributed by atoms with Gasteiger partial charge in [-0.3, -0.25) is 4.68 Å². The van der Waals surface area contributed by atoms with Crippen molar-refractivity contribution in [3.8, 4) is 0 Å². The maximum atomic E-state index is 11.7. The summed E-state index contributed by atoms with van der Waals surface area (Å²) in [5.74, 6) is 0.103. The Kier molecular flexibility index (Phi) is 4.98. The summed E-state index contributed by atoms with van der Waals surface area (Å²) in [5, 5.41) is 7.38. The molecule has 1 N–H and O–H groups in total. The molecular formula is C14H19N3O3S. The van der Waals surface area contributed by atoms with Crippen LogP contribution in [0.25, 0.3) is 0 Å². The van der Waals surface area contributed by atoms with Crippen molar-refractivity contribution in [1.82, 2.24) is 9.78 Å². The maximum absolute atomic E-state index is 11.7. The Morgan fingerprint density at radius 3 is 2.57 bits per heavy atom. The van der Waals surface area contributed by atoms with Crippen molar-refractivity contribution in [1.29, 1.82) is 0 Å². The fraction of sp³-hybridized carbons (Fsp3) is 0.357. The Labute approximate surface area is 124 Å². The van der Waals surface area contributed by atoms with Gasteiger partial charge in [-0.1, -0.05) is 6.92 Å². The van der Waals surface area contributed by atoms with E-state index in [9.17, 15) is 8.42 Å². The Balaban J connectivity index is 2.05. The third kappa shape index (κ3) is 4.05. The van der Waals surface area contributed by atoms with Gasteiger partial charge in [0.15, 0.2) is 9.84 Å². The molecule has 2 rings (SSSR count). The van der Waals surface area contributed by atoms with Gasteiger partial charge in [0, 0.05) is 19.0 Å². The normalized spacial score (nSPS) is 11.5. The third-order valence-corrected chi connectivity index (χ3v) is 4.79. The molecule has 1 heterocycles. The molecule has 7 heteroatoms. The van der Waals surface area contributed by atoms with E-state index in [1.54, 1.807) is 49.2 Å². The molecule has 0 radical (unpaired) electrons. The molecule has 0 aliphatic heterocycles. The lowest BCUT2D eigenvalue weighted by molar-refractivity contribution is 0.183. The van der Waals surface area contributed by atoms with Crippen LogP contribution < -0.4 is 5.32 Å². The number of methoxy groups -OCH3 is 1. The summed E-state index contributed by atoms with van der Waals surface area (Å²) in [4.78, 5) is 0.339. The van der Waals surface area contributed by atoms with Gasteiger partial charge >= 0.3 is 0 Å². The van der Waals surface area contributed by atoms with Crippen LogP contribution in [0.15, 0.2) is 41.6 Å². The monoisotopic (exact) mass is 309 g/mol. The van der Waals surface area contributed by atoms with E-state index in [2.05, 4.69) is 10.4 Å². The minimum Gasteiger partial charge on any atom is -0.383 e. The van der Waals surface area contributed by atoms with Gasteiger partial charge in [0.2, 0.25) is 0 Å². The van der Waals surface area contributed by atoms with E-state index in [0.717, 1.165) is 11.4 Å². The number of rotatable bonds is 7. The van der Waals surface area contributed by atoms with Crippen molar-refractivity contribution < 1.29 is 13.2 Å². The van der Waals surface area contributed by atoms with E-state index in [1.807, 2.05) is 6.20 Å². The Morgan fingerprint density at radius 1 is 1.24 bits per heavy atom. The second kappa shape index (κ2) is 6.73. The molecule has 21 heavy (non-hydrogen) atoms. The summed E-state index contributed by atoms with van der Waals surface area (Å²) in [7, 11) is -1.50. The van der Waals surface area contributed by atoms with Gasteiger partial charge in [0.1, 0.15) is 0 Å². The number of hydrogen-bond acceptors (Lipinski definition) is 5. The van der Waals surface area contributed by atoms with Gasteiger partial charge in [-0.05, 0) is 24.3 Å². The molecule has 0 aliphatic carbocycles. The topological polar surface area (TPSA) is 73.2 Å². The van der Waals surface area contributed by atoms with Crippen LogP contribution in [0, 0.1) is 0 Å². The van der Waals surface area contributed by atoms with Gasteiger partial charge < -0.3 is 10.1 Å². The number of benzene rings is 1. The van der Waals surface area contributed by atoms with Crippen LogP contribution in [0.5, 0.6) is 0 Å². The molecule has 0 unspecified atom stereocenters. The SMILES string of the molecule is CCS(=O)(=O)c1ccc(Nc2cnn(CCOC)c2)cc1. The van der Waals surface area contributed by atoms with Gasteiger partial charge in [-0.25, -0.2) is 8.42 Å². The van der Waals surface area contributed by atoms with E-state index < -0.39 is 9.84 Å². The van der Waals surface area contributed by atoms with Crippen LogP contribution in [0.1, 0.15) is 6.92 Å². The average Bonchev–Trinajstić information content (AvgIpc) is 2.93. The lowest BCUT2D eigenvalue weighted by atomic mass is 10.3. The highest BCUT2D eigenvalue weighted by atomic mass is 32.2. The first-order valence-electron chi connectivity index (χ1n) is 6.66. The molecule has 0 aliphatic rings. The van der Waals surface area contributed by atoms with Gasteiger partial charge in [0.05, 0.1) is 35.7 Å². The van der Waals surface area contributed by atoms with E-state index >= 15 is 0 Å². The smallest absolute Gasteiger partial charge is 0.178 e. The van der Waals surface area contributed by atoms with Crippen LogP contribution in [-0.2, 0) is 21.1 Å². The maximum Gasteiger partial charge on any atom is 0.178 e. The number of aromatic nitrogens is 2. The number of nitrogens with one attached hydrogen (secondary N) is 1. The standard InChI is InChI=1S/C14H19N3O3S/c1-3-21(18,19)14-6-4-12(5-7-14)16-13-10-15-17(11-13)8-9-20-2/h4-7,10-11,16H,3,8-9H2,1-2H3. The molecule has 0 saturated heterocycles. The van der Waals surface area contributed by atoms with Crippen LogP contribution in [0.3, 0.4) is 0 Å². The predicted molar refractivity (Wildman–Crippen MR) is 81.6 cm³/mol. The van der Waals surface area contributed by atoms with Crippen molar-refractivity contribution >= 4 is 21.2 Å². The highest BCUT2D eigenvalue weighted by molar-refractivity contribution is 7.91. The lowest BCUT2D eigenvalue weighted by Gasteiger charge is -2.05. The summed E-state index contributed by atoms with van der Waals surface area (Å²) in [5.41, 5.74) is 1.66. The summed E-state index contributed by atoms with van der Waals surface area (Å²) >= 11 is 0. The number of nitrogens with zero attached hydrogens (tertiary/aromatic N) is 2. The van der Waals surface area contributed by atoms with E-state index in [0.29, 0.717) is 18.0 Å². The molecule has 114 valence electrons. The third-order valence-electron chi connectivity index (χ3n) is 3.04. The van der Waals surface area contributed by atoms with Crippen molar-refractivity contribution in [2.45, 2.75) is 18.4 Å². The average molecular weight is 309 g/mol.